The van der Waals surface area contributed by atoms with Gasteiger partial charge in [-0.15, -0.1) is 0 Å². The maximum atomic E-state index is 6.02. The summed E-state index contributed by atoms with van der Waals surface area (Å²) in [6, 6.07) is 6.53. The van der Waals surface area contributed by atoms with Crippen molar-refractivity contribution in [1.82, 2.24) is 10.1 Å². The first kappa shape index (κ1) is 14.7. The molecule has 0 aliphatic carbocycles. The Labute approximate surface area is 120 Å². The molecule has 0 aliphatic heterocycles. The van der Waals surface area contributed by atoms with E-state index in [-0.39, 0.29) is 12.0 Å². The van der Waals surface area contributed by atoms with E-state index < -0.39 is 0 Å². The maximum absolute atomic E-state index is 6.02. The number of aromatic nitrogens is 2. The molecular formula is C16H23N3O. The molecule has 0 saturated heterocycles. The summed E-state index contributed by atoms with van der Waals surface area (Å²) in [4.78, 5) is 4.48. The van der Waals surface area contributed by atoms with Crippen molar-refractivity contribution < 1.29 is 4.52 Å². The van der Waals surface area contributed by atoms with Gasteiger partial charge in [0.25, 0.3) is 0 Å². The fourth-order valence-corrected chi connectivity index (χ4v) is 2.41. The third kappa shape index (κ3) is 3.45. The number of nitrogens with zero attached hydrogens (tertiary/aromatic N) is 2. The van der Waals surface area contributed by atoms with Crippen molar-refractivity contribution in [2.24, 2.45) is 5.73 Å². The Balaban J connectivity index is 2.13. The van der Waals surface area contributed by atoms with Gasteiger partial charge in [-0.25, -0.2) is 0 Å². The van der Waals surface area contributed by atoms with Gasteiger partial charge < -0.3 is 10.3 Å². The zero-order valence-electron chi connectivity index (χ0n) is 12.7. The molecule has 0 spiro atoms. The molecule has 0 amide bonds. The predicted molar refractivity (Wildman–Crippen MR) is 79.7 cm³/mol. The van der Waals surface area contributed by atoms with Crippen LogP contribution in [0.2, 0.25) is 0 Å². The van der Waals surface area contributed by atoms with Gasteiger partial charge in [0.2, 0.25) is 5.89 Å². The van der Waals surface area contributed by atoms with Crippen LogP contribution in [0.25, 0.3) is 0 Å². The largest absolute Gasteiger partial charge is 0.339 e. The average Bonchev–Trinajstić information content (AvgIpc) is 2.84. The van der Waals surface area contributed by atoms with Gasteiger partial charge in [-0.1, -0.05) is 48.3 Å². The number of aryl methyl sites for hydroxylation is 2. The molecule has 4 heteroatoms. The smallest absolute Gasteiger partial charge is 0.231 e. The molecule has 0 fully saturated rings. The van der Waals surface area contributed by atoms with Gasteiger partial charge in [-0.2, -0.15) is 4.98 Å². The summed E-state index contributed by atoms with van der Waals surface area (Å²) in [6.45, 7) is 8.29. The van der Waals surface area contributed by atoms with Crippen LogP contribution in [-0.2, 0) is 6.42 Å². The molecule has 2 aromatic rings. The van der Waals surface area contributed by atoms with Crippen molar-refractivity contribution in [3.63, 3.8) is 0 Å². The number of rotatable bonds is 5. The van der Waals surface area contributed by atoms with Crippen molar-refractivity contribution >= 4 is 0 Å². The summed E-state index contributed by atoms with van der Waals surface area (Å²) in [5.41, 5.74) is 9.74. The monoisotopic (exact) mass is 273 g/mol. The van der Waals surface area contributed by atoms with Crippen molar-refractivity contribution in [1.29, 1.82) is 0 Å². The topological polar surface area (TPSA) is 64.9 Å². The van der Waals surface area contributed by atoms with Crippen LogP contribution in [0.5, 0.6) is 0 Å². The molecule has 0 aliphatic rings. The lowest BCUT2D eigenvalue weighted by Gasteiger charge is -2.13. The highest BCUT2D eigenvalue weighted by Gasteiger charge is 2.19. The Morgan fingerprint density at radius 3 is 2.45 bits per heavy atom. The number of benzene rings is 1. The normalized spacial score (nSPS) is 14.2. The molecule has 0 bridgehead atoms. The Morgan fingerprint density at radius 1 is 1.20 bits per heavy atom. The van der Waals surface area contributed by atoms with Gasteiger partial charge in [-0.3, -0.25) is 0 Å². The van der Waals surface area contributed by atoms with Crippen LogP contribution >= 0.6 is 0 Å². The Kier molecular flexibility index (Phi) is 4.55. The van der Waals surface area contributed by atoms with Gasteiger partial charge in [-0.05, 0) is 25.8 Å². The van der Waals surface area contributed by atoms with Crippen molar-refractivity contribution in [3.8, 4) is 0 Å². The molecule has 108 valence electrons. The lowest BCUT2D eigenvalue weighted by atomic mass is 10.0. The molecule has 2 N–H and O–H groups in total. The Morgan fingerprint density at radius 2 is 1.85 bits per heavy atom. The minimum Gasteiger partial charge on any atom is -0.339 e. The predicted octanol–water partition coefficient (Wildman–Crippen LogP) is 3.12. The fourth-order valence-electron chi connectivity index (χ4n) is 2.41. The van der Waals surface area contributed by atoms with Gasteiger partial charge in [0, 0.05) is 12.5 Å². The molecule has 2 rings (SSSR count). The molecule has 1 aromatic heterocycles. The zero-order chi connectivity index (χ0) is 14.7. The van der Waals surface area contributed by atoms with E-state index in [2.05, 4.69) is 49.1 Å². The second kappa shape index (κ2) is 6.18. The first-order valence-electron chi connectivity index (χ1n) is 7.14. The van der Waals surface area contributed by atoms with E-state index in [9.17, 15) is 0 Å². The van der Waals surface area contributed by atoms with Gasteiger partial charge in [0.15, 0.2) is 5.82 Å². The fraction of sp³-hybridized carbons (Fsp3) is 0.500. The number of hydrogen-bond acceptors (Lipinski definition) is 4. The van der Waals surface area contributed by atoms with Crippen LogP contribution in [0.3, 0.4) is 0 Å². The number of hydrogen-bond donors (Lipinski definition) is 1. The van der Waals surface area contributed by atoms with E-state index in [1.165, 1.54) is 16.7 Å². The average molecular weight is 273 g/mol. The lowest BCUT2D eigenvalue weighted by Crippen LogP contribution is -2.25. The van der Waals surface area contributed by atoms with Crippen LogP contribution in [-0.4, -0.2) is 16.2 Å². The molecular weight excluding hydrogens is 250 g/mol. The van der Waals surface area contributed by atoms with E-state index in [1.54, 1.807) is 0 Å². The zero-order valence-corrected chi connectivity index (χ0v) is 12.7. The number of nitrogens with two attached hydrogens (primary N) is 1. The minimum atomic E-state index is 0.0597. The summed E-state index contributed by atoms with van der Waals surface area (Å²) in [5, 5.41) is 4.07. The third-order valence-corrected chi connectivity index (χ3v) is 3.63. The van der Waals surface area contributed by atoms with Crippen molar-refractivity contribution in [2.75, 3.05) is 0 Å². The second-order valence-corrected chi connectivity index (χ2v) is 5.58. The summed E-state index contributed by atoms with van der Waals surface area (Å²) in [5.74, 6) is 1.46. The Bertz CT molecular complexity index is 557. The summed E-state index contributed by atoms with van der Waals surface area (Å²) < 4.78 is 5.34. The Hall–Kier alpha value is -1.68. The maximum Gasteiger partial charge on any atom is 0.231 e. The molecule has 2 atom stereocenters. The SMILES string of the molecule is CCC(N)C(C)c1nc(Cc2cc(C)cc(C)c2)no1. The highest BCUT2D eigenvalue weighted by molar-refractivity contribution is 5.30. The summed E-state index contributed by atoms with van der Waals surface area (Å²) >= 11 is 0. The standard InChI is InChI=1S/C16H23N3O/c1-5-14(17)12(4)16-18-15(19-20-16)9-13-7-10(2)6-11(3)8-13/h6-8,12,14H,5,9,17H2,1-4H3. The first-order valence-corrected chi connectivity index (χ1v) is 7.14. The highest BCUT2D eigenvalue weighted by atomic mass is 16.5. The molecule has 1 heterocycles. The van der Waals surface area contributed by atoms with Gasteiger partial charge in [0.1, 0.15) is 0 Å². The van der Waals surface area contributed by atoms with Gasteiger partial charge in [0.05, 0.1) is 5.92 Å². The summed E-state index contributed by atoms with van der Waals surface area (Å²) in [7, 11) is 0. The molecule has 0 saturated carbocycles. The van der Waals surface area contributed by atoms with E-state index in [0.717, 1.165) is 12.2 Å². The second-order valence-electron chi connectivity index (χ2n) is 5.58. The quantitative estimate of drug-likeness (QED) is 0.909. The van der Waals surface area contributed by atoms with E-state index in [0.29, 0.717) is 12.3 Å². The van der Waals surface area contributed by atoms with Crippen LogP contribution in [0.1, 0.15) is 54.6 Å². The summed E-state index contributed by atoms with van der Waals surface area (Å²) in [6.07, 6.45) is 1.59. The van der Waals surface area contributed by atoms with Crippen LogP contribution in [0, 0.1) is 13.8 Å². The molecule has 1 aromatic carbocycles. The lowest BCUT2D eigenvalue weighted by molar-refractivity contribution is 0.337. The minimum absolute atomic E-state index is 0.0597. The molecule has 4 nitrogen and oxygen atoms in total. The molecule has 2 unspecified atom stereocenters. The van der Waals surface area contributed by atoms with E-state index in [1.807, 2.05) is 6.92 Å². The van der Waals surface area contributed by atoms with Gasteiger partial charge >= 0.3 is 0 Å². The van der Waals surface area contributed by atoms with Crippen LogP contribution < -0.4 is 5.73 Å². The van der Waals surface area contributed by atoms with Crippen molar-refractivity contribution in [3.05, 3.63) is 46.6 Å². The van der Waals surface area contributed by atoms with E-state index >= 15 is 0 Å². The van der Waals surface area contributed by atoms with Crippen LogP contribution in [0.4, 0.5) is 0 Å². The molecule has 20 heavy (non-hydrogen) atoms. The molecule has 0 radical (unpaired) electrons. The first-order chi connectivity index (χ1) is 9.49. The van der Waals surface area contributed by atoms with Crippen LogP contribution in [0.15, 0.2) is 22.7 Å². The van der Waals surface area contributed by atoms with E-state index in [4.69, 9.17) is 10.3 Å². The van der Waals surface area contributed by atoms with Crippen molar-refractivity contribution in [2.45, 2.75) is 52.5 Å². The highest BCUT2D eigenvalue weighted by Crippen LogP contribution is 2.19. The third-order valence-electron chi connectivity index (χ3n) is 3.63.